The Morgan fingerprint density at radius 3 is 2.70 bits per heavy atom. The quantitative estimate of drug-likeness (QED) is 0.458. The number of benzene rings is 1. The van der Waals surface area contributed by atoms with E-state index in [4.69, 9.17) is 4.42 Å². The van der Waals surface area contributed by atoms with Crippen LogP contribution >= 0.6 is 0 Å². The van der Waals surface area contributed by atoms with Gasteiger partial charge in [0.1, 0.15) is 5.52 Å². The Kier molecular flexibility index (Phi) is 2.07. The lowest BCUT2D eigenvalue weighted by Crippen LogP contribution is -2.00. The molecule has 98 valence electrons. The smallest absolute Gasteiger partial charge is 0.344 e. The van der Waals surface area contributed by atoms with Crippen LogP contribution in [0.3, 0.4) is 0 Å². The Morgan fingerprint density at radius 1 is 1.15 bits per heavy atom. The first-order valence-electron chi connectivity index (χ1n) is 6.43. The lowest BCUT2D eigenvalue weighted by Gasteiger charge is -2.03. The van der Waals surface area contributed by atoms with Crippen LogP contribution < -0.4 is 5.63 Å². The summed E-state index contributed by atoms with van der Waals surface area (Å²) in [6.45, 7) is 2.02. The molecule has 0 unspecified atom stereocenters. The predicted octanol–water partition coefficient (Wildman–Crippen LogP) is 3.14. The Morgan fingerprint density at radius 2 is 1.90 bits per heavy atom. The van der Waals surface area contributed by atoms with Crippen LogP contribution in [0.15, 0.2) is 45.7 Å². The largest absolute Gasteiger partial charge is 0.420 e. The van der Waals surface area contributed by atoms with E-state index in [0.717, 1.165) is 27.5 Å². The van der Waals surface area contributed by atoms with Crippen LogP contribution in [0.5, 0.6) is 0 Å². The number of rotatable bonds is 0. The minimum atomic E-state index is -0.316. The first kappa shape index (κ1) is 11.2. The van der Waals surface area contributed by atoms with E-state index in [1.807, 2.05) is 49.0 Å². The first-order chi connectivity index (χ1) is 9.66. The zero-order chi connectivity index (χ0) is 13.9. The van der Waals surface area contributed by atoms with Gasteiger partial charge in [-0.15, -0.1) is 0 Å². The van der Waals surface area contributed by atoms with Gasteiger partial charge in [-0.3, -0.25) is 4.98 Å². The molecule has 3 aromatic heterocycles. The number of hydrogen-bond donors (Lipinski definition) is 0. The van der Waals surface area contributed by atoms with E-state index in [-0.39, 0.29) is 5.63 Å². The molecule has 0 spiro atoms. The lowest BCUT2D eigenvalue weighted by atomic mass is 10.1. The molecule has 0 N–H and O–H groups in total. The standard InChI is InChI=1S/C16H12N2O2/c1-9-7-12-13(18(9)2)8-17-14-10-5-3-4-6-11(10)16(19)20-15(12)14/h3-8H,1-2H3. The van der Waals surface area contributed by atoms with Crippen molar-refractivity contribution in [3.8, 4) is 0 Å². The second-order valence-electron chi connectivity index (χ2n) is 5.01. The fourth-order valence-electron chi connectivity index (χ4n) is 2.71. The summed E-state index contributed by atoms with van der Waals surface area (Å²) in [6.07, 6.45) is 1.83. The molecule has 3 heterocycles. The average molecular weight is 264 g/mol. The second-order valence-corrected chi connectivity index (χ2v) is 5.01. The van der Waals surface area contributed by atoms with Crippen LogP contribution in [0.25, 0.3) is 32.8 Å². The second kappa shape index (κ2) is 3.70. The van der Waals surface area contributed by atoms with Gasteiger partial charge < -0.3 is 8.98 Å². The van der Waals surface area contributed by atoms with Crippen molar-refractivity contribution in [3.05, 3.63) is 52.6 Å². The summed E-state index contributed by atoms with van der Waals surface area (Å²) >= 11 is 0. The van der Waals surface area contributed by atoms with E-state index in [1.165, 1.54) is 0 Å². The summed E-state index contributed by atoms with van der Waals surface area (Å²) in [7, 11) is 1.98. The topological polar surface area (TPSA) is 48.0 Å². The van der Waals surface area contributed by atoms with Crippen molar-refractivity contribution in [1.82, 2.24) is 9.55 Å². The summed E-state index contributed by atoms with van der Waals surface area (Å²) < 4.78 is 7.56. The van der Waals surface area contributed by atoms with Gasteiger partial charge in [0.15, 0.2) is 5.58 Å². The Hall–Kier alpha value is -2.62. The molecule has 4 rings (SSSR count). The molecule has 0 aliphatic carbocycles. The van der Waals surface area contributed by atoms with E-state index in [2.05, 4.69) is 4.98 Å². The molecule has 0 radical (unpaired) electrons. The summed E-state index contributed by atoms with van der Waals surface area (Å²) in [5.74, 6) is 0. The predicted molar refractivity (Wildman–Crippen MR) is 79.0 cm³/mol. The Bertz CT molecular complexity index is 1040. The number of hydrogen-bond acceptors (Lipinski definition) is 3. The van der Waals surface area contributed by atoms with E-state index in [0.29, 0.717) is 11.0 Å². The summed E-state index contributed by atoms with van der Waals surface area (Å²) in [4.78, 5) is 16.6. The van der Waals surface area contributed by atoms with Crippen molar-refractivity contribution in [2.24, 2.45) is 7.05 Å². The number of fused-ring (bicyclic) bond motifs is 5. The zero-order valence-electron chi connectivity index (χ0n) is 11.2. The van der Waals surface area contributed by atoms with Crippen LogP contribution in [0.1, 0.15) is 5.69 Å². The van der Waals surface area contributed by atoms with Gasteiger partial charge in [-0.25, -0.2) is 4.79 Å². The molecule has 0 saturated heterocycles. The van der Waals surface area contributed by atoms with Crippen LogP contribution in [0.4, 0.5) is 0 Å². The third kappa shape index (κ3) is 1.30. The first-order valence-corrected chi connectivity index (χ1v) is 6.43. The van der Waals surface area contributed by atoms with Crippen molar-refractivity contribution < 1.29 is 4.42 Å². The monoisotopic (exact) mass is 264 g/mol. The molecule has 4 heteroatoms. The number of aromatic nitrogens is 2. The molecule has 0 aliphatic rings. The van der Waals surface area contributed by atoms with Crippen LogP contribution in [-0.2, 0) is 7.05 Å². The third-order valence-corrected chi connectivity index (χ3v) is 3.89. The maximum atomic E-state index is 12.1. The van der Waals surface area contributed by atoms with E-state index in [9.17, 15) is 4.79 Å². The third-order valence-electron chi connectivity index (χ3n) is 3.89. The minimum Gasteiger partial charge on any atom is -0.420 e. The van der Waals surface area contributed by atoms with Crippen LogP contribution in [-0.4, -0.2) is 9.55 Å². The van der Waals surface area contributed by atoms with Gasteiger partial charge in [0, 0.05) is 23.5 Å². The molecule has 4 aromatic rings. The SMILES string of the molecule is Cc1cc2c3oc(=O)c4ccccc4c3ncc2n1C. The number of nitrogens with zero attached hydrogens (tertiary/aromatic N) is 2. The van der Waals surface area contributed by atoms with E-state index in [1.54, 1.807) is 6.07 Å². The fourth-order valence-corrected chi connectivity index (χ4v) is 2.71. The van der Waals surface area contributed by atoms with E-state index < -0.39 is 0 Å². The van der Waals surface area contributed by atoms with Gasteiger partial charge in [0.2, 0.25) is 0 Å². The minimum absolute atomic E-state index is 0.316. The van der Waals surface area contributed by atoms with Crippen molar-refractivity contribution in [2.75, 3.05) is 0 Å². The summed E-state index contributed by atoms with van der Waals surface area (Å²) in [5, 5.41) is 2.33. The van der Waals surface area contributed by atoms with Gasteiger partial charge in [0.05, 0.1) is 17.1 Å². The van der Waals surface area contributed by atoms with Crippen molar-refractivity contribution in [2.45, 2.75) is 6.92 Å². The molecule has 0 aliphatic heterocycles. The van der Waals surface area contributed by atoms with Crippen LogP contribution in [0, 0.1) is 6.92 Å². The number of pyridine rings is 1. The molecule has 0 atom stereocenters. The number of aryl methyl sites for hydroxylation is 2. The molecule has 0 bridgehead atoms. The maximum Gasteiger partial charge on any atom is 0.344 e. The highest BCUT2D eigenvalue weighted by atomic mass is 16.4. The highest BCUT2D eigenvalue weighted by Gasteiger charge is 2.13. The molecule has 4 nitrogen and oxygen atoms in total. The lowest BCUT2D eigenvalue weighted by molar-refractivity contribution is 0.572. The van der Waals surface area contributed by atoms with Gasteiger partial charge in [-0.1, -0.05) is 18.2 Å². The summed E-state index contributed by atoms with van der Waals surface area (Å²) in [5.41, 5.74) is 3.05. The molecule has 0 fully saturated rings. The van der Waals surface area contributed by atoms with Crippen LogP contribution in [0.2, 0.25) is 0 Å². The van der Waals surface area contributed by atoms with Gasteiger partial charge >= 0.3 is 5.63 Å². The molecular formula is C16H12N2O2. The molecular weight excluding hydrogens is 252 g/mol. The Balaban J connectivity index is 2.35. The highest BCUT2D eigenvalue weighted by molar-refractivity contribution is 6.11. The van der Waals surface area contributed by atoms with Crippen molar-refractivity contribution >= 4 is 32.8 Å². The van der Waals surface area contributed by atoms with Gasteiger partial charge in [0.25, 0.3) is 0 Å². The van der Waals surface area contributed by atoms with Crippen molar-refractivity contribution in [1.29, 1.82) is 0 Å². The highest BCUT2D eigenvalue weighted by Crippen LogP contribution is 2.28. The van der Waals surface area contributed by atoms with Gasteiger partial charge in [-0.05, 0) is 19.1 Å². The zero-order valence-corrected chi connectivity index (χ0v) is 11.2. The molecule has 0 amide bonds. The molecule has 20 heavy (non-hydrogen) atoms. The molecule has 1 aromatic carbocycles. The summed E-state index contributed by atoms with van der Waals surface area (Å²) in [6, 6.07) is 9.43. The molecule has 0 saturated carbocycles. The van der Waals surface area contributed by atoms with Crippen molar-refractivity contribution in [3.63, 3.8) is 0 Å². The normalized spacial score (nSPS) is 11.7. The van der Waals surface area contributed by atoms with E-state index >= 15 is 0 Å². The Labute approximate surface area is 114 Å². The average Bonchev–Trinajstić information content (AvgIpc) is 2.76. The maximum absolute atomic E-state index is 12.1. The fraction of sp³-hybridized carbons (Fsp3) is 0.125. The van der Waals surface area contributed by atoms with Gasteiger partial charge in [-0.2, -0.15) is 0 Å².